The van der Waals surface area contributed by atoms with Gasteiger partial charge in [-0.1, -0.05) is 6.92 Å². The monoisotopic (exact) mass is 174 g/mol. The van der Waals surface area contributed by atoms with E-state index in [4.69, 9.17) is 4.74 Å². The highest BCUT2D eigenvalue weighted by Crippen LogP contribution is 2.49. The van der Waals surface area contributed by atoms with Crippen molar-refractivity contribution in [1.82, 2.24) is 0 Å². The topological polar surface area (TPSA) is 26.3 Å². The van der Waals surface area contributed by atoms with Crippen LogP contribution in [0.3, 0.4) is 0 Å². The summed E-state index contributed by atoms with van der Waals surface area (Å²) in [4.78, 5) is 11.2. The zero-order valence-electron chi connectivity index (χ0n) is 7.05. The van der Waals surface area contributed by atoms with Crippen molar-refractivity contribution in [2.24, 2.45) is 0 Å². The average molecular weight is 174 g/mol. The minimum atomic E-state index is -0.134. The number of carbonyl (C=O) groups is 1. The molecule has 2 nitrogen and oxygen atoms in total. The van der Waals surface area contributed by atoms with E-state index >= 15 is 0 Å². The molecule has 0 aromatic carbocycles. The molecule has 1 saturated carbocycles. The quantitative estimate of drug-likeness (QED) is 0.608. The van der Waals surface area contributed by atoms with Crippen LogP contribution in [0.25, 0.3) is 0 Å². The van der Waals surface area contributed by atoms with E-state index in [0.29, 0.717) is 0 Å². The number of ether oxygens (including phenoxy) is 1. The van der Waals surface area contributed by atoms with Gasteiger partial charge in [-0.2, -0.15) is 0 Å². The fourth-order valence-electron chi connectivity index (χ4n) is 1.00. The van der Waals surface area contributed by atoms with E-state index in [1.807, 2.05) is 0 Å². The van der Waals surface area contributed by atoms with Crippen molar-refractivity contribution in [3.8, 4) is 0 Å². The molecule has 1 rings (SSSR count). The molecule has 0 aromatic rings. The first-order valence-corrected chi connectivity index (χ1v) is 4.96. The lowest BCUT2D eigenvalue weighted by Crippen LogP contribution is -2.20. The normalized spacial score (nSPS) is 19.5. The van der Waals surface area contributed by atoms with Crippen LogP contribution in [0, 0.1) is 0 Å². The second-order valence-corrected chi connectivity index (χ2v) is 4.31. The first-order valence-electron chi connectivity index (χ1n) is 3.97. The van der Waals surface area contributed by atoms with E-state index in [0.717, 1.165) is 25.0 Å². The van der Waals surface area contributed by atoms with Crippen molar-refractivity contribution in [1.29, 1.82) is 0 Å². The lowest BCUT2D eigenvalue weighted by atomic mass is 10.4. The molecule has 1 aliphatic carbocycles. The molecule has 1 fully saturated rings. The van der Waals surface area contributed by atoms with Crippen LogP contribution in [0.5, 0.6) is 0 Å². The zero-order valence-corrected chi connectivity index (χ0v) is 7.87. The molecule has 0 N–H and O–H groups in total. The van der Waals surface area contributed by atoms with Crippen molar-refractivity contribution in [2.75, 3.05) is 12.9 Å². The molecule has 0 atom stereocenters. The SMILES string of the molecule is CCCSC1(C(=O)OC)CC1. The molecule has 3 heteroatoms. The third-order valence-corrected chi connectivity index (χ3v) is 3.58. The number of thioether (sulfide) groups is 1. The summed E-state index contributed by atoms with van der Waals surface area (Å²) in [5, 5.41) is 0. The van der Waals surface area contributed by atoms with Crippen molar-refractivity contribution in [3.05, 3.63) is 0 Å². The Hall–Kier alpha value is -0.180. The van der Waals surface area contributed by atoms with Crippen molar-refractivity contribution >= 4 is 17.7 Å². The largest absolute Gasteiger partial charge is 0.468 e. The summed E-state index contributed by atoms with van der Waals surface area (Å²) in [6.07, 6.45) is 3.14. The fourth-order valence-corrected chi connectivity index (χ4v) is 2.19. The standard InChI is InChI=1S/C8H14O2S/c1-3-6-11-8(4-5-8)7(9)10-2/h3-6H2,1-2H3. The molecule has 0 amide bonds. The highest BCUT2D eigenvalue weighted by Gasteiger charge is 2.51. The molecular weight excluding hydrogens is 160 g/mol. The van der Waals surface area contributed by atoms with E-state index in [2.05, 4.69) is 6.92 Å². The second-order valence-electron chi connectivity index (χ2n) is 2.83. The molecule has 11 heavy (non-hydrogen) atoms. The number of hydrogen-bond acceptors (Lipinski definition) is 3. The Morgan fingerprint density at radius 3 is 2.64 bits per heavy atom. The molecule has 0 saturated heterocycles. The van der Waals surface area contributed by atoms with E-state index < -0.39 is 0 Å². The van der Waals surface area contributed by atoms with Gasteiger partial charge < -0.3 is 4.74 Å². The van der Waals surface area contributed by atoms with Gasteiger partial charge in [-0.15, -0.1) is 11.8 Å². The maximum Gasteiger partial charge on any atom is 0.321 e. The highest BCUT2D eigenvalue weighted by atomic mass is 32.2. The number of esters is 1. The summed E-state index contributed by atoms with van der Waals surface area (Å²) in [6, 6.07) is 0. The van der Waals surface area contributed by atoms with Crippen molar-refractivity contribution in [3.63, 3.8) is 0 Å². The van der Waals surface area contributed by atoms with Crippen LogP contribution in [-0.4, -0.2) is 23.6 Å². The minimum absolute atomic E-state index is 0.0315. The maximum absolute atomic E-state index is 11.2. The number of methoxy groups -OCH3 is 1. The van der Waals surface area contributed by atoms with Crippen LogP contribution in [0.2, 0.25) is 0 Å². The van der Waals surface area contributed by atoms with Crippen LogP contribution in [0.15, 0.2) is 0 Å². The molecular formula is C8H14O2S. The molecule has 0 aliphatic heterocycles. The summed E-state index contributed by atoms with van der Waals surface area (Å²) in [5.74, 6) is 1.03. The van der Waals surface area contributed by atoms with Gasteiger partial charge in [0.15, 0.2) is 0 Å². The van der Waals surface area contributed by atoms with Crippen molar-refractivity contribution in [2.45, 2.75) is 30.9 Å². The summed E-state index contributed by atoms with van der Waals surface area (Å²) in [7, 11) is 1.47. The number of carbonyl (C=O) groups excluding carboxylic acids is 1. The third kappa shape index (κ3) is 1.89. The number of rotatable bonds is 4. The highest BCUT2D eigenvalue weighted by molar-refractivity contribution is 8.01. The first kappa shape index (κ1) is 8.91. The Labute approximate surface area is 71.7 Å². The van der Waals surface area contributed by atoms with Gasteiger partial charge in [0.2, 0.25) is 0 Å². The molecule has 1 aliphatic rings. The van der Waals surface area contributed by atoms with E-state index in [1.54, 1.807) is 11.8 Å². The smallest absolute Gasteiger partial charge is 0.321 e. The first-order chi connectivity index (χ1) is 5.25. The summed E-state index contributed by atoms with van der Waals surface area (Å²) < 4.78 is 4.58. The summed E-state index contributed by atoms with van der Waals surface area (Å²) in [5.41, 5.74) is 0. The molecule has 64 valence electrons. The second kappa shape index (κ2) is 3.48. The third-order valence-electron chi connectivity index (χ3n) is 1.84. The lowest BCUT2D eigenvalue weighted by molar-refractivity contribution is -0.140. The Balaban J connectivity index is 2.34. The Morgan fingerprint density at radius 1 is 1.64 bits per heavy atom. The van der Waals surface area contributed by atoms with Crippen LogP contribution >= 0.6 is 11.8 Å². The van der Waals surface area contributed by atoms with Gasteiger partial charge in [0.1, 0.15) is 4.75 Å². The van der Waals surface area contributed by atoms with Gasteiger partial charge in [-0.05, 0) is 25.0 Å². The van der Waals surface area contributed by atoms with Gasteiger partial charge in [-0.3, -0.25) is 4.79 Å². The number of hydrogen-bond donors (Lipinski definition) is 0. The summed E-state index contributed by atoms with van der Waals surface area (Å²) >= 11 is 1.75. The Morgan fingerprint density at radius 2 is 2.27 bits per heavy atom. The van der Waals surface area contributed by atoms with Crippen LogP contribution in [0.4, 0.5) is 0 Å². The lowest BCUT2D eigenvalue weighted by Gasteiger charge is -2.10. The van der Waals surface area contributed by atoms with Gasteiger partial charge in [0, 0.05) is 0 Å². The van der Waals surface area contributed by atoms with Gasteiger partial charge in [0.05, 0.1) is 7.11 Å². The summed E-state index contributed by atoms with van der Waals surface area (Å²) in [6.45, 7) is 2.13. The molecule has 0 heterocycles. The predicted octanol–water partition coefficient (Wildman–Crippen LogP) is 1.84. The molecule has 0 spiro atoms. The van der Waals surface area contributed by atoms with Gasteiger partial charge in [0.25, 0.3) is 0 Å². The Bertz CT molecular complexity index is 152. The molecule has 0 radical (unpaired) electrons. The Kier molecular flexibility index (Phi) is 2.82. The average Bonchev–Trinajstić information content (AvgIpc) is 2.80. The van der Waals surface area contributed by atoms with E-state index in [1.165, 1.54) is 7.11 Å². The predicted molar refractivity (Wildman–Crippen MR) is 46.7 cm³/mol. The molecule has 0 bridgehead atoms. The van der Waals surface area contributed by atoms with Gasteiger partial charge in [-0.25, -0.2) is 0 Å². The molecule has 0 aromatic heterocycles. The van der Waals surface area contributed by atoms with Gasteiger partial charge >= 0.3 is 5.97 Å². The fraction of sp³-hybridized carbons (Fsp3) is 0.875. The van der Waals surface area contributed by atoms with Crippen LogP contribution in [-0.2, 0) is 9.53 Å². The minimum Gasteiger partial charge on any atom is -0.468 e. The van der Waals surface area contributed by atoms with Crippen LogP contribution in [0.1, 0.15) is 26.2 Å². The van der Waals surface area contributed by atoms with Crippen molar-refractivity contribution < 1.29 is 9.53 Å². The van der Waals surface area contributed by atoms with Crippen LogP contribution < -0.4 is 0 Å². The zero-order chi connectivity index (χ0) is 8.32. The van der Waals surface area contributed by atoms with E-state index in [-0.39, 0.29) is 10.7 Å². The maximum atomic E-state index is 11.2. The molecule has 0 unspecified atom stereocenters. The van der Waals surface area contributed by atoms with E-state index in [9.17, 15) is 4.79 Å².